The van der Waals surface area contributed by atoms with Crippen LogP contribution in [0.3, 0.4) is 0 Å². The van der Waals surface area contributed by atoms with Gasteiger partial charge in [-0.05, 0) is 30.9 Å². The monoisotopic (exact) mass is 250 g/mol. The fourth-order valence-corrected chi connectivity index (χ4v) is 1.67. The summed E-state index contributed by atoms with van der Waals surface area (Å²) >= 11 is 0. The highest BCUT2D eigenvalue weighted by atomic mass is 16.3. The van der Waals surface area contributed by atoms with Crippen molar-refractivity contribution < 1.29 is 14.0 Å². The lowest BCUT2D eigenvalue weighted by Crippen LogP contribution is -2.50. The zero-order valence-corrected chi connectivity index (χ0v) is 10.6. The highest BCUT2D eigenvalue weighted by molar-refractivity contribution is 5.95. The summed E-state index contributed by atoms with van der Waals surface area (Å²) in [5, 5.41) is 5.61. The molecule has 1 aliphatic rings. The molecule has 5 heteroatoms. The fourth-order valence-electron chi connectivity index (χ4n) is 1.67. The van der Waals surface area contributed by atoms with E-state index >= 15 is 0 Å². The molecular weight excluding hydrogens is 232 g/mol. The van der Waals surface area contributed by atoms with Crippen LogP contribution >= 0.6 is 0 Å². The number of hydrogen-bond donors (Lipinski definition) is 2. The average molecular weight is 250 g/mol. The Kier molecular flexibility index (Phi) is 3.69. The van der Waals surface area contributed by atoms with E-state index in [0.717, 1.165) is 12.8 Å². The second-order valence-corrected chi connectivity index (χ2v) is 4.96. The summed E-state index contributed by atoms with van der Waals surface area (Å²) in [5.74, 6) is -0.223. The molecule has 18 heavy (non-hydrogen) atoms. The van der Waals surface area contributed by atoms with Crippen LogP contribution in [0.4, 0.5) is 0 Å². The molecule has 0 unspecified atom stereocenters. The van der Waals surface area contributed by atoms with E-state index in [2.05, 4.69) is 10.6 Å². The van der Waals surface area contributed by atoms with E-state index < -0.39 is 6.04 Å². The van der Waals surface area contributed by atoms with Crippen molar-refractivity contribution in [1.29, 1.82) is 0 Å². The minimum Gasteiger partial charge on any atom is -0.459 e. The number of carbonyl (C=O) groups excluding carboxylic acids is 2. The van der Waals surface area contributed by atoms with Gasteiger partial charge in [-0.2, -0.15) is 0 Å². The number of amides is 2. The molecule has 0 aliphatic heterocycles. The molecular formula is C13H18N2O3. The molecule has 1 aromatic rings. The van der Waals surface area contributed by atoms with Gasteiger partial charge in [0.2, 0.25) is 5.91 Å². The fraction of sp³-hybridized carbons (Fsp3) is 0.538. The zero-order valence-electron chi connectivity index (χ0n) is 10.6. The Morgan fingerprint density at radius 2 is 2.11 bits per heavy atom. The molecule has 1 atom stereocenters. The van der Waals surface area contributed by atoms with Gasteiger partial charge in [0, 0.05) is 6.04 Å². The Morgan fingerprint density at radius 3 is 2.61 bits per heavy atom. The van der Waals surface area contributed by atoms with E-state index in [1.165, 1.54) is 6.26 Å². The molecule has 1 fully saturated rings. The summed E-state index contributed by atoms with van der Waals surface area (Å²) in [6.07, 6.45) is 3.49. The van der Waals surface area contributed by atoms with Gasteiger partial charge in [0.1, 0.15) is 6.04 Å². The molecule has 1 heterocycles. The largest absolute Gasteiger partial charge is 0.459 e. The van der Waals surface area contributed by atoms with Crippen molar-refractivity contribution in [2.75, 3.05) is 0 Å². The average Bonchev–Trinajstić information content (AvgIpc) is 2.96. The predicted octanol–water partition coefficient (Wildman–Crippen LogP) is 1.31. The standard InChI is InChI=1S/C13H18N2O3/c1-8(2)11(13(17)14-9-5-6-9)15-12(16)10-4-3-7-18-10/h3-4,7-9,11H,5-6H2,1-2H3,(H,14,17)(H,15,16)/t11-/m0/s1. The third-order valence-corrected chi connectivity index (χ3v) is 2.90. The van der Waals surface area contributed by atoms with Crippen molar-refractivity contribution in [3.63, 3.8) is 0 Å². The van der Waals surface area contributed by atoms with Crippen LogP contribution in [0.2, 0.25) is 0 Å². The first-order valence-corrected chi connectivity index (χ1v) is 6.22. The SMILES string of the molecule is CC(C)[C@H](NC(=O)c1ccco1)C(=O)NC1CC1. The van der Waals surface area contributed by atoms with E-state index in [-0.39, 0.29) is 23.5 Å². The van der Waals surface area contributed by atoms with Crippen LogP contribution in [0.5, 0.6) is 0 Å². The highest BCUT2D eigenvalue weighted by Crippen LogP contribution is 2.19. The Balaban J connectivity index is 1.97. The number of nitrogens with one attached hydrogen (secondary N) is 2. The Labute approximate surface area is 106 Å². The van der Waals surface area contributed by atoms with Gasteiger partial charge in [0.25, 0.3) is 5.91 Å². The van der Waals surface area contributed by atoms with E-state index in [9.17, 15) is 9.59 Å². The number of rotatable bonds is 5. The second kappa shape index (κ2) is 5.25. The molecule has 1 saturated carbocycles. The van der Waals surface area contributed by atoms with Crippen molar-refractivity contribution in [3.05, 3.63) is 24.2 Å². The van der Waals surface area contributed by atoms with Gasteiger partial charge < -0.3 is 15.1 Å². The normalized spacial score (nSPS) is 16.4. The first kappa shape index (κ1) is 12.7. The van der Waals surface area contributed by atoms with Gasteiger partial charge in [-0.15, -0.1) is 0 Å². The van der Waals surface area contributed by atoms with Crippen molar-refractivity contribution >= 4 is 11.8 Å². The van der Waals surface area contributed by atoms with Crippen molar-refractivity contribution in [3.8, 4) is 0 Å². The molecule has 2 amide bonds. The molecule has 5 nitrogen and oxygen atoms in total. The van der Waals surface area contributed by atoms with E-state index in [1.54, 1.807) is 12.1 Å². The van der Waals surface area contributed by atoms with Crippen molar-refractivity contribution in [1.82, 2.24) is 10.6 Å². The lowest BCUT2D eigenvalue weighted by Gasteiger charge is -2.21. The number of hydrogen-bond acceptors (Lipinski definition) is 3. The molecule has 0 bridgehead atoms. The van der Waals surface area contributed by atoms with Crippen LogP contribution in [-0.2, 0) is 4.79 Å². The molecule has 0 spiro atoms. The smallest absolute Gasteiger partial charge is 0.287 e. The molecule has 0 radical (unpaired) electrons. The zero-order chi connectivity index (χ0) is 13.1. The third kappa shape index (κ3) is 3.12. The van der Waals surface area contributed by atoms with Crippen molar-refractivity contribution in [2.24, 2.45) is 5.92 Å². The maximum Gasteiger partial charge on any atom is 0.287 e. The molecule has 2 rings (SSSR count). The number of furan rings is 1. The summed E-state index contributed by atoms with van der Waals surface area (Å²) < 4.78 is 5.01. The summed E-state index contributed by atoms with van der Waals surface area (Å²) in [4.78, 5) is 23.8. The molecule has 2 N–H and O–H groups in total. The van der Waals surface area contributed by atoms with Gasteiger partial charge >= 0.3 is 0 Å². The number of carbonyl (C=O) groups is 2. The highest BCUT2D eigenvalue weighted by Gasteiger charge is 2.30. The molecule has 1 aliphatic carbocycles. The maximum absolute atomic E-state index is 12.0. The van der Waals surface area contributed by atoms with Gasteiger partial charge in [0.15, 0.2) is 5.76 Å². The Hall–Kier alpha value is -1.78. The van der Waals surface area contributed by atoms with E-state index in [1.807, 2.05) is 13.8 Å². The van der Waals surface area contributed by atoms with Gasteiger partial charge in [-0.3, -0.25) is 9.59 Å². The Bertz CT molecular complexity index is 421. The van der Waals surface area contributed by atoms with Crippen molar-refractivity contribution in [2.45, 2.75) is 38.8 Å². The first-order valence-electron chi connectivity index (χ1n) is 6.22. The summed E-state index contributed by atoms with van der Waals surface area (Å²) in [5.41, 5.74) is 0. The van der Waals surface area contributed by atoms with Crippen LogP contribution < -0.4 is 10.6 Å². The van der Waals surface area contributed by atoms with Gasteiger partial charge in [-0.1, -0.05) is 13.8 Å². The molecule has 98 valence electrons. The van der Waals surface area contributed by atoms with Gasteiger partial charge in [-0.25, -0.2) is 0 Å². The lowest BCUT2D eigenvalue weighted by molar-refractivity contribution is -0.124. The van der Waals surface area contributed by atoms with Crippen LogP contribution in [0.25, 0.3) is 0 Å². The van der Waals surface area contributed by atoms with Gasteiger partial charge in [0.05, 0.1) is 6.26 Å². The molecule has 0 aromatic carbocycles. The third-order valence-electron chi connectivity index (χ3n) is 2.90. The van der Waals surface area contributed by atoms with Crippen LogP contribution in [-0.4, -0.2) is 23.9 Å². The molecule has 1 aromatic heterocycles. The Morgan fingerprint density at radius 1 is 1.39 bits per heavy atom. The summed E-state index contributed by atoms with van der Waals surface area (Å²) in [7, 11) is 0. The molecule has 0 saturated heterocycles. The lowest BCUT2D eigenvalue weighted by atomic mass is 10.0. The van der Waals surface area contributed by atoms with E-state index in [4.69, 9.17) is 4.42 Å². The van der Waals surface area contributed by atoms with Crippen LogP contribution in [0.1, 0.15) is 37.2 Å². The minimum absolute atomic E-state index is 0.0302. The second-order valence-electron chi connectivity index (χ2n) is 4.96. The van der Waals surface area contributed by atoms with E-state index in [0.29, 0.717) is 6.04 Å². The summed E-state index contributed by atoms with van der Waals surface area (Å²) in [6, 6.07) is 2.98. The maximum atomic E-state index is 12.0. The summed E-state index contributed by atoms with van der Waals surface area (Å²) in [6.45, 7) is 3.80. The quantitative estimate of drug-likeness (QED) is 0.827. The van der Waals surface area contributed by atoms with Crippen LogP contribution in [0.15, 0.2) is 22.8 Å². The topological polar surface area (TPSA) is 71.3 Å². The predicted molar refractivity (Wildman–Crippen MR) is 66.0 cm³/mol. The first-order chi connectivity index (χ1) is 8.58. The minimum atomic E-state index is -0.525. The van der Waals surface area contributed by atoms with Crippen LogP contribution in [0, 0.1) is 5.92 Å².